The zero-order valence-electron chi connectivity index (χ0n) is 9.49. The third-order valence-electron chi connectivity index (χ3n) is 2.32. The summed E-state index contributed by atoms with van der Waals surface area (Å²) < 4.78 is 0. The largest absolute Gasteiger partial charge is 0.308 e. The topological polar surface area (TPSA) is 37.8 Å². The molecular weight excluding hydrogens is 206 g/mol. The van der Waals surface area contributed by atoms with E-state index in [1.165, 1.54) is 0 Å². The first-order valence-corrected chi connectivity index (χ1v) is 6.21. The van der Waals surface area contributed by atoms with Crippen LogP contribution in [0.25, 0.3) is 0 Å². The van der Waals surface area contributed by atoms with E-state index in [1.807, 2.05) is 13.0 Å². The summed E-state index contributed by atoms with van der Waals surface area (Å²) >= 11 is 1.66. The predicted octanol–water partition coefficient (Wildman–Crippen LogP) is 2.68. The van der Waals surface area contributed by atoms with Crippen molar-refractivity contribution in [3.63, 3.8) is 0 Å². The average molecular weight is 225 g/mol. The van der Waals surface area contributed by atoms with E-state index < -0.39 is 0 Å². The molecule has 0 aliphatic carbocycles. The van der Waals surface area contributed by atoms with Crippen LogP contribution in [0.1, 0.15) is 36.2 Å². The van der Waals surface area contributed by atoms with Gasteiger partial charge in [0.15, 0.2) is 0 Å². The van der Waals surface area contributed by atoms with Crippen molar-refractivity contribution >= 4 is 11.3 Å². The van der Waals surface area contributed by atoms with E-state index in [-0.39, 0.29) is 0 Å². The molecule has 0 amide bonds. The lowest BCUT2D eigenvalue weighted by atomic mass is 10.1. The number of nitrogens with one attached hydrogen (secondary N) is 1. The van der Waals surface area contributed by atoms with Crippen molar-refractivity contribution in [1.82, 2.24) is 15.5 Å². The van der Waals surface area contributed by atoms with Crippen LogP contribution in [-0.4, -0.2) is 16.2 Å². The standard InChI is InChI=1S/C11H19N3S/c1-4-6-7-10(5-2)12-8-11-14-13-9(3)15-11/h4,10,12H,1,5-8H2,2-3H3. The normalized spacial score (nSPS) is 12.7. The molecule has 0 saturated heterocycles. The highest BCUT2D eigenvalue weighted by Crippen LogP contribution is 2.09. The molecule has 0 aromatic carbocycles. The molecule has 1 aromatic rings. The van der Waals surface area contributed by atoms with Gasteiger partial charge in [-0.3, -0.25) is 0 Å². The highest BCUT2D eigenvalue weighted by molar-refractivity contribution is 7.11. The zero-order valence-corrected chi connectivity index (χ0v) is 10.3. The predicted molar refractivity (Wildman–Crippen MR) is 65.0 cm³/mol. The van der Waals surface area contributed by atoms with Crippen LogP contribution >= 0.6 is 11.3 Å². The van der Waals surface area contributed by atoms with Gasteiger partial charge < -0.3 is 5.32 Å². The molecule has 1 atom stereocenters. The number of rotatable bonds is 7. The number of hydrogen-bond acceptors (Lipinski definition) is 4. The minimum Gasteiger partial charge on any atom is -0.308 e. The van der Waals surface area contributed by atoms with Crippen molar-refractivity contribution in [3.8, 4) is 0 Å². The fourth-order valence-electron chi connectivity index (χ4n) is 1.41. The van der Waals surface area contributed by atoms with E-state index in [0.717, 1.165) is 35.8 Å². The molecule has 0 saturated carbocycles. The van der Waals surface area contributed by atoms with Gasteiger partial charge in [0.25, 0.3) is 0 Å². The van der Waals surface area contributed by atoms with Crippen LogP contribution < -0.4 is 5.32 Å². The molecule has 0 aliphatic rings. The molecule has 0 spiro atoms. The molecular formula is C11H19N3S. The van der Waals surface area contributed by atoms with Gasteiger partial charge in [0.2, 0.25) is 0 Å². The third-order valence-corrected chi connectivity index (χ3v) is 3.16. The maximum atomic E-state index is 4.09. The summed E-state index contributed by atoms with van der Waals surface area (Å²) in [6.45, 7) is 8.76. The van der Waals surface area contributed by atoms with Crippen molar-refractivity contribution < 1.29 is 0 Å². The van der Waals surface area contributed by atoms with Gasteiger partial charge in [-0.15, -0.1) is 28.1 Å². The maximum Gasteiger partial charge on any atom is 0.131 e. The first kappa shape index (κ1) is 12.3. The summed E-state index contributed by atoms with van der Waals surface area (Å²) in [5.74, 6) is 0. The smallest absolute Gasteiger partial charge is 0.131 e. The Hall–Kier alpha value is -0.740. The molecule has 15 heavy (non-hydrogen) atoms. The fourth-order valence-corrected chi connectivity index (χ4v) is 2.07. The molecule has 1 N–H and O–H groups in total. The quantitative estimate of drug-likeness (QED) is 0.725. The fraction of sp³-hybridized carbons (Fsp3) is 0.636. The van der Waals surface area contributed by atoms with Crippen molar-refractivity contribution in [3.05, 3.63) is 22.7 Å². The summed E-state index contributed by atoms with van der Waals surface area (Å²) in [5, 5.41) is 13.7. The van der Waals surface area contributed by atoms with Gasteiger partial charge >= 0.3 is 0 Å². The van der Waals surface area contributed by atoms with Crippen LogP contribution in [0.3, 0.4) is 0 Å². The summed E-state index contributed by atoms with van der Waals surface area (Å²) in [5.41, 5.74) is 0. The van der Waals surface area contributed by atoms with Crippen LogP contribution in [0.2, 0.25) is 0 Å². The molecule has 3 nitrogen and oxygen atoms in total. The van der Waals surface area contributed by atoms with Gasteiger partial charge in [-0.25, -0.2) is 0 Å². The number of hydrogen-bond donors (Lipinski definition) is 1. The van der Waals surface area contributed by atoms with Gasteiger partial charge in [-0.2, -0.15) is 0 Å². The van der Waals surface area contributed by atoms with E-state index in [1.54, 1.807) is 11.3 Å². The highest BCUT2D eigenvalue weighted by atomic mass is 32.1. The monoisotopic (exact) mass is 225 g/mol. The molecule has 4 heteroatoms. The van der Waals surface area contributed by atoms with Gasteiger partial charge in [0.1, 0.15) is 10.0 Å². The van der Waals surface area contributed by atoms with Crippen molar-refractivity contribution in [1.29, 1.82) is 0 Å². The highest BCUT2D eigenvalue weighted by Gasteiger charge is 2.06. The second kappa shape index (κ2) is 6.69. The Morgan fingerprint density at radius 3 is 2.87 bits per heavy atom. The average Bonchev–Trinajstić information content (AvgIpc) is 2.65. The Morgan fingerprint density at radius 1 is 1.53 bits per heavy atom. The zero-order chi connectivity index (χ0) is 11.1. The molecule has 1 aromatic heterocycles. The number of aromatic nitrogens is 2. The van der Waals surface area contributed by atoms with Crippen LogP contribution in [0, 0.1) is 6.92 Å². The SMILES string of the molecule is C=CCCC(CC)NCc1nnc(C)s1. The van der Waals surface area contributed by atoms with E-state index in [9.17, 15) is 0 Å². The van der Waals surface area contributed by atoms with Crippen LogP contribution in [0.4, 0.5) is 0 Å². The van der Waals surface area contributed by atoms with Crippen molar-refractivity contribution in [2.24, 2.45) is 0 Å². The lowest BCUT2D eigenvalue weighted by Gasteiger charge is -2.14. The minimum atomic E-state index is 0.562. The van der Waals surface area contributed by atoms with E-state index in [2.05, 4.69) is 29.0 Å². The molecule has 0 bridgehead atoms. The van der Waals surface area contributed by atoms with E-state index >= 15 is 0 Å². The van der Waals surface area contributed by atoms with E-state index in [0.29, 0.717) is 6.04 Å². The molecule has 0 radical (unpaired) electrons. The van der Waals surface area contributed by atoms with Crippen LogP contribution in [-0.2, 0) is 6.54 Å². The molecule has 1 rings (SSSR count). The Morgan fingerprint density at radius 2 is 2.33 bits per heavy atom. The van der Waals surface area contributed by atoms with E-state index in [4.69, 9.17) is 0 Å². The van der Waals surface area contributed by atoms with Gasteiger partial charge in [0.05, 0.1) is 0 Å². The number of nitrogens with zero attached hydrogens (tertiary/aromatic N) is 2. The van der Waals surface area contributed by atoms with Crippen molar-refractivity contribution in [2.75, 3.05) is 0 Å². The Bertz CT molecular complexity index is 296. The summed E-state index contributed by atoms with van der Waals surface area (Å²) in [4.78, 5) is 0. The second-order valence-electron chi connectivity index (χ2n) is 3.57. The minimum absolute atomic E-state index is 0.562. The summed E-state index contributed by atoms with van der Waals surface area (Å²) in [6.07, 6.45) is 5.34. The van der Waals surface area contributed by atoms with Crippen LogP contribution in [0.5, 0.6) is 0 Å². The lowest BCUT2D eigenvalue weighted by molar-refractivity contribution is 0.469. The van der Waals surface area contributed by atoms with Crippen molar-refractivity contribution in [2.45, 2.75) is 45.7 Å². The second-order valence-corrected chi connectivity index (χ2v) is 4.83. The van der Waals surface area contributed by atoms with Gasteiger partial charge in [-0.05, 0) is 26.2 Å². The van der Waals surface area contributed by atoms with Gasteiger partial charge in [-0.1, -0.05) is 13.0 Å². The lowest BCUT2D eigenvalue weighted by Crippen LogP contribution is -2.27. The number of allylic oxidation sites excluding steroid dienone is 1. The third kappa shape index (κ3) is 4.53. The molecule has 1 heterocycles. The molecule has 84 valence electrons. The molecule has 1 unspecified atom stereocenters. The summed E-state index contributed by atoms with van der Waals surface area (Å²) in [6, 6.07) is 0.562. The molecule has 0 fully saturated rings. The number of aryl methyl sites for hydroxylation is 1. The Balaban J connectivity index is 2.30. The summed E-state index contributed by atoms with van der Waals surface area (Å²) in [7, 11) is 0. The Labute approximate surface area is 95.6 Å². The Kier molecular flexibility index (Phi) is 5.50. The van der Waals surface area contributed by atoms with Crippen LogP contribution in [0.15, 0.2) is 12.7 Å². The first-order chi connectivity index (χ1) is 7.26. The first-order valence-electron chi connectivity index (χ1n) is 5.39. The molecule has 0 aliphatic heterocycles. The maximum absolute atomic E-state index is 4.09. The van der Waals surface area contributed by atoms with Gasteiger partial charge in [0, 0.05) is 12.6 Å².